The van der Waals surface area contributed by atoms with Gasteiger partial charge in [0.05, 0.1) is 6.61 Å². The van der Waals surface area contributed by atoms with Crippen molar-refractivity contribution in [3.05, 3.63) is 35.9 Å². The third kappa shape index (κ3) is 1.47. The molecule has 1 aromatic carbocycles. The predicted octanol–water partition coefficient (Wildman–Crippen LogP) is 1.76. The maximum atomic E-state index is 5.96. The molecule has 2 aliphatic heterocycles. The number of ether oxygens (including phenoxy) is 2. The first-order valence-electron chi connectivity index (χ1n) is 5.40. The van der Waals surface area contributed by atoms with E-state index < -0.39 is 5.91 Å². The summed E-state index contributed by atoms with van der Waals surface area (Å²) >= 11 is 0. The SMILES string of the molecule is CC12OCCN1CC(c1ccccc1)O2. The second-order valence-electron chi connectivity index (χ2n) is 4.21. The Kier molecular flexibility index (Phi) is 2.06. The number of hydrogen-bond acceptors (Lipinski definition) is 3. The van der Waals surface area contributed by atoms with Crippen LogP contribution in [0.25, 0.3) is 0 Å². The lowest BCUT2D eigenvalue weighted by Crippen LogP contribution is -2.36. The molecule has 2 saturated heterocycles. The van der Waals surface area contributed by atoms with Crippen LogP contribution in [-0.4, -0.2) is 30.5 Å². The molecule has 0 N–H and O–H groups in total. The summed E-state index contributed by atoms with van der Waals surface area (Å²) in [6, 6.07) is 10.3. The number of hydrogen-bond donors (Lipinski definition) is 0. The van der Waals surface area contributed by atoms with Crippen molar-refractivity contribution in [3.8, 4) is 0 Å². The van der Waals surface area contributed by atoms with Crippen LogP contribution in [0.5, 0.6) is 0 Å². The summed E-state index contributed by atoms with van der Waals surface area (Å²) in [5.74, 6) is -0.486. The molecule has 3 rings (SSSR count). The molecular weight excluding hydrogens is 190 g/mol. The van der Waals surface area contributed by atoms with Gasteiger partial charge in [-0.05, 0) is 5.56 Å². The molecular formula is C12H15NO2. The zero-order chi connectivity index (χ0) is 10.3. The van der Waals surface area contributed by atoms with Crippen molar-refractivity contribution in [2.75, 3.05) is 19.7 Å². The molecule has 2 heterocycles. The van der Waals surface area contributed by atoms with Crippen LogP contribution in [0.4, 0.5) is 0 Å². The van der Waals surface area contributed by atoms with Crippen molar-refractivity contribution < 1.29 is 9.47 Å². The van der Waals surface area contributed by atoms with Gasteiger partial charge in [-0.2, -0.15) is 0 Å². The molecule has 15 heavy (non-hydrogen) atoms. The molecule has 0 aromatic heterocycles. The quantitative estimate of drug-likeness (QED) is 0.697. The summed E-state index contributed by atoms with van der Waals surface area (Å²) in [7, 11) is 0. The maximum absolute atomic E-state index is 5.96. The summed E-state index contributed by atoms with van der Waals surface area (Å²) in [6.45, 7) is 4.68. The zero-order valence-electron chi connectivity index (χ0n) is 8.85. The summed E-state index contributed by atoms with van der Waals surface area (Å²) in [4.78, 5) is 2.25. The molecule has 0 bridgehead atoms. The molecule has 0 spiro atoms. The van der Waals surface area contributed by atoms with Gasteiger partial charge in [-0.25, -0.2) is 4.90 Å². The first-order chi connectivity index (χ1) is 7.28. The van der Waals surface area contributed by atoms with E-state index in [1.54, 1.807) is 0 Å². The van der Waals surface area contributed by atoms with E-state index in [1.807, 2.05) is 25.1 Å². The van der Waals surface area contributed by atoms with E-state index in [-0.39, 0.29) is 6.10 Å². The Morgan fingerprint density at radius 1 is 1.33 bits per heavy atom. The average Bonchev–Trinajstić information content (AvgIpc) is 2.74. The zero-order valence-corrected chi connectivity index (χ0v) is 8.85. The van der Waals surface area contributed by atoms with Gasteiger partial charge in [0.2, 0.25) is 5.91 Å². The first kappa shape index (κ1) is 9.33. The summed E-state index contributed by atoms with van der Waals surface area (Å²) in [5, 5.41) is 0. The highest BCUT2D eigenvalue weighted by atomic mass is 16.7. The minimum absolute atomic E-state index is 0.150. The third-order valence-electron chi connectivity index (χ3n) is 3.22. The van der Waals surface area contributed by atoms with Crippen LogP contribution >= 0.6 is 0 Å². The van der Waals surface area contributed by atoms with Gasteiger partial charge in [0, 0.05) is 20.0 Å². The van der Waals surface area contributed by atoms with E-state index in [0.29, 0.717) is 0 Å². The van der Waals surface area contributed by atoms with Crippen molar-refractivity contribution >= 4 is 0 Å². The number of nitrogens with zero attached hydrogens (tertiary/aromatic N) is 1. The van der Waals surface area contributed by atoms with Gasteiger partial charge in [0.1, 0.15) is 6.10 Å². The fourth-order valence-corrected chi connectivity index (χ4v) is 2.35. The van der Waals surface area contributed by atoms with Crippen LogP contribution < -0.4 is 0 Å². The minimum Gasteiger partial charge on any atom is -0.336 e. The topological polar surface area (TPSA) is 21.7 Å². The summed E-state index contributed by atoms with van der Waals surface area (Å²) in [5.41, 5.74) is 1.23. The van der Waals surface area contributed by atoms with E-state index in [0.717, 1.165) is 19.7 Å². The second kappa shape index (κ2) is 3.30. The van der Waals surface area contributed by atoms with Crippen molar-refractivity contribution in [1.82, 2.24) is 4.90 Å². The number of rotatable bonds is 1. The monoisotopic (exact) mass is 205 g/mol. The Labute approximate surface area is 89.6 Å². The number of benzene rings is 1. The van der Waals surface area contributed by atoms with E-state index >= 15 is 0 Å². The van der Waals surface area contributed by atoms with Crippen LogP contribution in [0.2, 0.25) is 0 Å². The van der Waals surface area contributed by atoms with Crippen LogP contribution in [0, 0.1) is 0 Å². The normalized spacial score (nSPS) is 35.7. The summed E-state index contributed by atoms with van der Waals surface area (Å²) < 4.78 is 11.6. The van der Waals surface area contributed by atoms with Crippen LogP contribution in [-0.2, 0) is 9.47 Å². The lowest BCUT2D eigenvalue weighted by Gasteiger charge is -2.23. The summed E-state index contributed by atoms with van der Waals surface area (Å²) in [6.07, 6.45) is 0.150. The second-order valence-corrected chi connectivity index (χ2v) is 4.21. The van der Waals surface area contributed by atoms with Crippen LogP contribution in [0.1, 0.15) is 18.6 Å². The van der Waals surface area contributed by atoms with E-state index in [1.165, 1.54) is 5.56 Å². The molecule has 2 atom stereocenters. The molecule has 3 nitrogen and oxygen atoms in total. The highest BCUT2D eigenvalue weighted by Crippen LogP contribution is 2.38. The maximum Gasteiger partial charge on any atom is 0.227 e. The fourth-order valence-electron chi connectivity index (χ4n) is 2.35. The molecule has 1 aromatic rings. The Hall–Kier alpha value is -0.900. The average molecular weight is 205 g/mol. The molecule has 2 fully saturated rings. The van der Waals surface area contributed by atoms with Crippen molar-refractivity contribution in [3.63, 3.8) is 0 Å². The molecule has 80 valence electrons. The molecule has 2 aliphatic rings. The Bertz CT molecular complexity index is 354. The third-order valence-corrected chi connectivity index (χ3v) is 3.22. The molecule has 0 saturated carbocycles. The van der Waals surface area contributed by atoms with Crippen molar-refractivity contribution in [2.45, 2.75) is 18.9 Å². The van der Waals surface area contributed by atoms with Crippen molar-refractivity contribution in [2.24, 2.45) is 0 Å². The Morgan fingerprint density at radius 3 is 2.87 bits per heavy atom. The predicted molar refractivity (Wildman–Crippen MR) is 56.2 cm³/mol. The largest absolute Gasteiger partial charge is 0.336 e. The van der Waals surface area contributed by atoms with E-state index in [2.05, 4.69) is 17.0 Å². The molecule has 0 radical (unpaired) electrons. The minimum atomic E-state index is -0.486. The smallest absolute Gasteiger partial charge is 0.227 e. The van der Waals surface area contributed by atoms with E-state index in [4.69, 9.17) is 9.47 Å². The Morgan fingerprint density at radius 2 is 2.13 bits per heavy atom. The molecule has 0 aliphatic carbocycles. The lowest BCUT2D eigenvalue weighted by atomic mass is 10.1. The van der Waals surface area contributed by atoms with Gasteiger partial charge >= 0.3 is 0 Å². The fraction of sp³-hybridized carbons (Fsp3) is 0.500. The van der Waals surface area contributed by atoms with Crippen molar-refractivity contribution in [1.29, 1.82) is 0 Å². The van der Waals surface area contributed by atoms with Gasteiger partial charge in [-0.3, -0.25) is 0 Å². The molecule has 0 amide bonds. The molecule has 3 heteroatoms. The van der Waals surface area contributed by atoms with Gasteiger partial charge in [0.15, 0.2) is 0 Å². The van der Waals surface area contributed by atoms with E-state index in [9.17, 15) is 0 Å². The van der Waals surface area contributed by atoms with Gasteiger partial charge in [-0.1, -0.05) is 30.3 Å². The van der Waals surface area contributed by atoms with Crippen LogP contribution in [0.15, 0.2) is 30.3 Å². The van der Waals surface area contributed by atoms with Gasteiger partial charge < -0.3 is 9.47 Å². The first-order valence-corrected chi connectivity index (χ1v) is 5.40. The standard InChI is InChI=1S/C12H15NO2/c1-12-13(7-8-14-12)9-11(15-12)10-5-3-2-4-6-10/h2-6,11H,7-9H2,1H3. The highest BCUT2D eigenvalue weighted by molar-refractivity contribution is 5.19. The highest BCUT2D eigenvalue weighted by Gasteiger charge is 2.47. The van der Waals surface area contributed by atoms with Gasteiger partial charge in [-0.15, -0.1) is 0 Å². The van der Waals surface area contributed by atoms with Gasteiger partial charge in [0.25, 0.3) is 0 Å². The number of fused-ring (bicyclic) bond motifs is 1. The lowest BCUT2D eigenvalue weighted by molar-refractivity contribution is -0.232. The Balaban J connectivity index is 1.82. The molecule has 2 unspecified atom stereocenters. The van der Waals surface area contributed by atoms with Crippen LogP contribution in [0.3, 0.4) is 0 Å².